The number of carboxylic acids is 1. The van der Waals surface area contributed by atoms with Crippen molar-refractivity contribution >= 4 is 11.7 Å². The van der Waals surface area contributed by atoms with Crippen LogP contribution < -0.4 is 4.90 Å². The summed E-state index contributed by atoms with van der Waals surface area (Å²) in [5.74, 6) is -0.870. The van der Waals surface area contributed by atoms with Gasteiger partial charge < -0.3 is 14.7 Å². The molecule has 1 aromatic rings. The molecule has 1 fully saturated rings. The molecule has 1 aliphatic heterocycles. The van der Waals surface area contributed by atoms with Gasteiger partial charge in [-0.3, -0.25) is 0 Å². The minimum Gasteiger partial charge on any atom is -0.478 e. The first-order valence-corrected chi connectivity index (χ1v) is 5.85. The Labute approximate surface area is 101 Å². The maximum absolute atomic E-state index is 11.2. The first-order chi connectivity index (χ1) is 8.18. The zero-order valence-corrected chi connectivity index (χ0v) is 9.98. The van der Waals surface area contributed by atoms with Crippen molar-refractivity contribution in [3.8, 4) is 0 Å². The zero-order valence-electron chi connectivity index (χ0n) is 9.98. The summed E-state index contributed by atoms with van der Waals surface area (Å²) in [4.78, 5) is 13.3. The quantitative estimate of drug-likeness (QED) is 0.850. The Bertz CT molecular complexity index is 409. The predicted molar refractivity (Wildman–Crippen MR) is 65.8 cm³/mol. The number of carbonyl (C=O) groups is 1. The molecule has 1 N–H and O–H groups in total. The lowest BCUT2D eigenvalue weighted by Gasteiger charge is -2.24. The van der Waals surface area contributed by atoms with E-state index in [1.807, 2.05) is 19.1 Å². The number of benzene rings is 1. The summed E-state index contributed by atoms with van der Waals surface area (Å²) in [7, 11) is 0. The van der Waals surface area contributed by atoms with Crippen molar-refractivity contribution < 1.29 is 14.6 Å². The van der Waals surface area contributed by atoms with Crippen LogP contribution in [-0.4, -0.2) is 37.4 Å². The van der Waals surface area contributed by atoms with E-state index < -0.39 is 5.97 Å². The van der Waals surface area contributed by atoms with E-state index in [0.29, 0.717) is 12.2 Å². The molecule has 2 rings (SSSR count). The number of rotatable bonds is 2. The number of hydrogen-bond acceptors (Lipinski definition) is 3. The molecule has 17 heavy (non-hydrogen) atoms. The van der Waals surface area contributed by atoms with Gasteiger partial charge in [-0.15, -0.1) is 0 Å². The van der Waals surface area contributed by atoms with E-state index in [1.54, 1.807) is 6.07 Å². The maximum atomic E-state index is 11.2. The third kappa shape index (κ3) is 2.77. The molecule has 0 spiro atoms. The van der Waals surface area contributed by atoms with Gasteiger partial charge in [-0.05, 0) is 31.0 Å². The Hall–Kier alpha value is -1.55. The van der Waals surface area contributed by atoms with Crippen LogP contribution in [0.4, 0.5) is 5.69 Å². The van der Waals surface area contributed by atoms with Crippen LogP contribution in [-0.2, 0) is 4.74 Å². The largest absolute Gasteiger partial charge is 0.478 e. The fraction of sp³-hybridized carbons (Fsp3) is 0.462. The average Bonchev–Trinajstić information content (AvgIpc) is 2.56. The van der Waals surface area contributed by atoms with Crippen LogP contribution in [0.1, 0.15) is 22.3 Å². The second-order valence-corrected chi connectivity index (χ2v) is 4.28. The van der Waals surface area contributed by atoms with Gasteiger partial charge in [-0.2, -0.15) is 0 Å². The molecule has 1 saturated heterocycles. The minimum atomic E-state index is -0.870. The topological polar surface area (TPSA) is 49.8 Å². The van der Waals surface area contributed by atoms with E-state index in [2.05, 4.69) is 4.90 Å². The second kappa shape index (κ2) is 5.19. The summed E-state index contributed by atoms with van der Waals surface area (Å²) in [5, 5.41) is 9.20. The number of aryl methyl sites for hydroxylation is 1. The number of aromatic carboxylic acids is 1. The van der Waals surface area contributed by atoms with E-state index in [-0.39, 0.29) is 0 Å². The smallest absolute Gasteiger partial charge is 0.337 e. The predicted octanol–water partition coefficient (Wildman–Crippen LogP) is 1.92. The highest BCUT2D eigenvalue weighted by molar-refractivity contribution is 5.94. The molecule has 4 nitrogen and oxygen atoms in total. The van der Waals surface area contributed by atoms with Gasteiger partial charge in [0.1, 0.15) is 0 Å². The number of nitrogens with zero attached hydrogens (tertiary/aromatic N) is 1. The summed E-state index contributed by atoms with van der Waals surface area (Å²) in [6.45, 7) is 4.99. The lowest BCUT2D eigenvalue weighted by Crippen LogP contribution is -2.27. The van der Waals surface area contributed by atoms with Crippen LogP contribution >= 0.6 is 0 Å². The van der Waals surface area contributed by atoms with Crippen LogP contribution in [0, 0.1) is 6.92 Å². The van der Waals surface area contributed by atoms with Gasteiger partial charge in [0.2, 0.25) is 0 Å². The van der Waals surface area contributed by atoms with Crippen molar-refractivity contribution in [2.75, 3.05) is 31.2 Å². The van der Waals surface area contributed by atoms with Gasteiger partial charge >= 0.3 is 5.97 Å². The van der Waals surface area contributed by atoms with Crippen molar-refractivity contribution in [2.45, 2.75) is 13.3 Å². The van der Waals surface area contributed by atoms with Gasteiger partial charge in [0.15, 0.2) is 0 Å². The molecule has 0 saturated carbocycles. The zero-order chi connectivity index (χ0) is 12.3. The Kier molecular flexibility index (Phi) is 3.64. The summed E-state index contributed by atoms with van der Waals surface area (Å²) in [5.41, 5.74) is 2.26. The normalized spacial score (nSPS) is 16.6. The van der Waals surface area contributed by atoms with Crippen molar-refractivity contribution in [2.24, 2.45) is 0 Å². The van der Waals surface area contributed by atoms with Crippen molar-refractivity contribution in [3.63, 3.8) is 0 Å². The van der Waals surface area contributed by atoms with Crippen molar-refractivity contribution in [3.05, 3.63) is 29.3 Å². The van der Waals surface area contributed by atoms with E-state index in [1.165, 1.54) is 0 Å². The molecule has 0 radical (unpaired) electrons. The molecule has 1 heterocycles. The van der Waals surface area contributed by atoms with Gasteiger partial charge in [0.05, 0.1) is 17.9 Å². The van der Waals surface area contributed by atoms with Crippen LogP contribution in [0.5, 0.6) is 0 Å². The standard InChI is InChI=1S/C13H17NO3/c1-10-3-4-11(13(15)16)12(9-10)14-5-2-7-17-8-6-14/h3-4,9H,2,5-8H2,1H3,(H,15,16). The van der Waals surface area contributed by atoms with Crippen LogP contribution in [0.15, 0.2) is 18.2 Å². The third-order valence-corrected chi connectivity index (χ3v) is 2.95. The fourth-order valence-electron chi connectivity index (χ4n) is 2.07. The van der Waals surface area contributed by atoms with Gasteiger partial charge in [-0.1, -0.05) is 6.07 Å². The van der Waals surface area contributed by atoms with E-state index in [9.17, 15) is 9.90 Å². The molecular weight excluding hydrogens is 218 g/mol. The first kappa shape index (κ1) is 11.9. The molecule has 0 unspecified atom stereocenters. The molecule has 0 atom stereocenters. The Balaban J connectivity index is 2.34. The highest BCUT2D eigenvalue weighted by Crippen LogP contribution is 2.23. The molecular formula is C13H17NO3. The van der Waals surface area contributed by atoms with Crippen LogP contribution in [0.25, 0.3) is 0 Å². The molecule has 0 bridgehead atoms. The lowest BCUT2D eigenvalue weighted by molar-refractivity contribution is 0.0697. The molecule has 1 aromatic carbocycles. The second-order valence-electron chi connectivity index (χ2n) is 4.28. The molecule has 4 heteroatoms. The molecule has 0 aliphatic carbocycles. The first-order valence-electron chi connectivity index (χ1n) is 5.85. The number of anilines is 1. The lowest BCUT2D eigenvalue weighted by atomic mass is 10.1. The Morgan fingerprint density at radius 3 is 2.94 bits per heavy atom. The SMILES string of the molecule is Cc1ccc(C(=O)O)c(N2CCCOCC2)c1. The van der Waals surface area contributed by atoms with Gasteiger partial charge in [-0.25, -0.2) is 4.79 Å². The Morgan fingerprint density at radius 2 is 2.18 bits per heavy atom. The summed E-state index contributed by atoms with van der Waals surface area (Å²) < 4.78 is 5.39. The van der Waals surface area contributed by atoms with E-state index >= 15 is 0 Å². The van der Waals surface area contributed by atoms with E-state index in [0.717, 1.165) is 37.4 Å². The summed E-state index contributed by atoms with van der Waals surface area (Å²) in [6, 6.07) is 5.45. The number of carboxylic acid groups (broad SMARTS) is 1. The molecule has 92 valence electrons. The van der Waals surface area contributed by atoms with Gasteiger partial charge in [0.25, 0.3) is 0 Å². The van der Waals surface area contributed by atoms with E-state index in [4.69, 9.17) is 4.74 Å². The highest BCUT2D eigenvalue weighted by Gasteiger charge is 2.17. The maximum Gasteiger partial charge on any atom is 0.337 e. The fourth-order valence-corrected chi connectivity index (χ4v) is 2.07. The minimum absolute atomic E-state index is 0.373. The molecule has 0 amide bonds. The van der Waals surface area contributed by atoms with Crippen LogP contribution in [0.3, 0.4) is 0 Å². The molecule has 1 aliphatic rings. The van der Waals surface area contributed by atoms with Gasteiger partial charge in [0, 0.05) is 19.7 Å². The molecule has 0 aromatic heterocycles. The van der Waals surface area contributed by atoms with Crippen molar-refractivity contribution in [1.82, 2.24) is 0 Å². The average molecular weight is 235 g/mol. The highest BCUT2D eigenvalue weighted by atomic mass is 16.5. The summed E-state index contributed by atoms with van der Waals surface area (Å²) in [6.07, 6.45) is 0.938. The number of hydrogen-bond donors (Lipinski definition) is 1. The summed E-state index contributed by atoms with van der Waals surface area (Å²) >= 11 is 0. The third-order valence-electron chi connectivity index (χ3n) is 2.95. The Morgan fingerprint density at radius 1 is 1.35 bits per heavy atom. The van der Waals surface area contributed by atoms with Crippen LogP contribution in [0.2, 0.25) is 0 Å². The monoisotopic (exact) mass is 235 g/mol. The number of ether oxygens (including phenoxy) is 1. The van der Waals surface area contributed by atoms with Crippen molar-refractivity contribution in [1.29, 1.82) is 0 Å².